The van der Waals surface area contributed by atoms with Crippen molar-refractivity contribution in [3.05, 3.63) is 34.9 Å². The summed E-state index contributed by atoms with van der Waals surface area (Å²) in [6.07, 6.45) is 3.79. The van der Waals surface area contributed by atoms with Crippen molar-refractivity contribution in [2.24, 2.45) is 9.98 Å². The highest BCUT2D eigenvalue weighted by molar-refractivity contribution is 6.04. The van der Waals surface area contributed by atoms with Crippen molar-refractivity contribution in [1.82, 2.24) is 0 Å². The number of amidine groups is 1. The van der Waals surface area contributed by atoms with E-state index in [0.29, 0.717) is 5.84 Å². The summed E-state index contributed by atoms with van der Waals surface area (Å²) in [5.41, 5.74) is 2.02. The molecule has 4 nitrogen and oxygen atoms in total. The quantitative estimate of drug-likeness (QED) is 0.655. The molecule has 0 radical (unpaired) electrons. The average molecular weight is 246 g/mol. The lowest BCUT2D eigenvalue weighted by Gasteiger charge is -2.06. The summed E-state index contributed by atoms with van der Waals surface area (Å²) < 4.78 is 0. The number of carbonyl (C=O) groups is 1. The van der Waals surface area contributed by atoms with Crippen molar-refractivity contribution in [2.75, 3.05) is 7.05 Å². The van der Waals surface area contributed by atoms with Gasteiger partial charge in [-0.1, -0.05) is 19.4 Å². The third kappa shape index (κ3) is 3.52. The molecule has 18 heavy (non-hydrogen) atoms. The van der Waals surface area contributed by atoms with E-state index in [9.17, 15) is 4.79 Å². The monoisotopic (exact) mass is 246 g/mol. The van der Waals surface area contributed by atoms with Crippen LogP contribution >= 0.6 is 0 Å². The fourth-order valence-corrected chi connectivity index (χ4v) is 1.58. The fraction of sp³-hybridized carbons (Fsp3) is 0.357. The van der Waals surface area contributed by atoms with E-state index in [4.69, 9.17) is 5.11 Å². The molecule has 1 rings (SSSR count). The van der Waals surface area contributed by atoms with Gasteiger partial charge in [-0.05, 0) is 31.0 Å². The van der Waals surface area contributed by atoms with Gasteiger partial charge in [0.2, 0.25) is 0 Å². The molecule has 0 spiro atoms. The maximum Gasteiger partial charge on any atom is 0.335 e. The summed E-state index contributed by atoms with van der Waals surface area (Å²) in [7, 11) is 1.68. The van der Waals surface area contributed by atoms with Gasteiger partial charge in [0, 0.05) is 18.8 Å². The van der Waals surface area contributed by atoms with E-state index < -0.39 is 5.97 Å². The number of carboxylic acids is 1. The minimum Gasteiger partial charge on any atom is -0.478 e. The van der Waals surface area contributed by atoms with Crippen LogP contribution in [0, 0.1) is 6.92 Å². The molecule has 0 atom stereocenters. The van der Waals surface area contributed by atoms with E-state index in [1.165, 1.54) is 0 Å². The highest BCUT2D eigenvalue weighted by Crippen LogP contribution is 2.13. The third-order valence-electron chi connectivity index (χ3n) is 2.56. The summed E-state index contributed by atoms with van der Waals surface area (Å²) in [4.78, 5) is 19.3. The van der Waals surface area contributed by atoms with Gasteiger partial charge in [0.05, 0.1) is 5.56 Å². The molecule has 0 unspecified atom stereocenters. The third-order valence-corrected chi connectivity index (χ3v) is 2.56. The smallest absolute Gasteiger partial charge is 0.335 e. The number of unbranched alkanes of at least 4 members (excludes halogenated alkanes) is 1. The summed E-state index contributed by atoms with van der Waals surface area (Å²) >= 11 is 0. The maximum atomic E-state index is 10.9. The second-order valence-corrected chi connectivity index (χ2v) is 3.98. The number of carboxylic acid groups (broad SMARTS) is 1. The number of rotatable bonds is 4. The van der Waals surface area contributed by atoms with Gasteiger partial charge < -0.3 is 5.11 Å². The summed E-state index contributed by atoms with van der Waals surface area (Å²) in [5, 5.41) is 8.91. The molecule has 4 heteroatoms. The van der Waals surface area contributed by atoms with Crippen molar-refractivity contribution in [3.8, 4) is 0 Å². The summed E-state index contributed by atoms with van der Waals surface area (Å²) in [6.45, 7) is 3.95. The van der Waals surface area contributed by atoms with Crippen LogP contribution in [0.5, 0.6) is 0 Å². The molecule has 1 N–H and O–H groups in total. The van der Waals surface area contributed by atoms with Crippen LogP contribution in [0.25, 0.3) is 0 Å². The first-order valence-electron chi connectivity index (χ1n) is 5.93. The molecular weight excluding hydrogens is 228 g/mol. The van der Waals surface area contributed by atoms with Gasteiger partial charge in [0.25, 0.3) is 0 Å². The lowest BCUT2D eigenvalue weighted by molar-refractivity contribution is 0.0697. The Morgan fingerprint density at radius 3 is 2.67 bits per heavy atom. The predicted molar refractivity (Wildman–Crippen MR) is 74.0 cm³/mol. The molecular formula is C14H18N2O2. The van der Waals surface area contributed by atoms with Crippen LogP contribution in [0.3, 0.4) is 0 Å². The fourth-order valence-electron chi connectivity index (χ4n) is 1.58. The van der Waals surface area contributed by atoms with E-state index >= 15 is 0 Å². The molecule has 0 aromatic heterocycles. The van der Waals surface area contributed by atoms with Crippen molar-refractivity contribution in [3.63, 3.8) is 0 Å². The number of aryl methyl sites for hydroxylation is 1. The minimum atomic E-state index is -0.922. The van der Waals surface area contributed by atoms with Crippen LogP contribution in [0.2, 0.25) is 0 Å². The average Bonchev–Trinajstić information content (AvgIpc) is 2.35. The Balaban J connectivity index is 3.05. The molecule has 0 aliphatic heterocycles. The highest BCUT2D eigenvalue weighted by Gasteiger charge is 2.08. The molecule has 0 aliphatic rings. The molecule has 0 amide bonds. The first-order chi connectivity index (χ1) is 8.60. The Bertz CT molecular complexity index is 491. The van der Waals surface area contributed by atoms with Crippen LogP contribution in [0.1, 0.15) is 41.3 Å². The molecule has 0 saturated carbocycles. The van der Waals surface area contributed by atoms with Crippen LogP contribution in [0.15, 0.2) is 28.2 Å². The van der Waals surface area contributed by atoms with Crippen molar-refractivity contribution >= 4 is 18.0 Å². The Hall–Kier alpha value is -1.97. The number of aromatic carboxylic acids is 1. The SMILES string of the molecule is CCCC=NC(=NC)c1ccc(C(=O)O)cc1C. The topological polar surface area (TPSA) is 62.0 Å². The van der Waals surface area contributed by atoms with Crippen molar-refractivity contribution in [1.29, 1.82) is 0 Å². The number of aliphatic imine (C=N–C) groups is 2. The Morgan fingerprint density at radius 2 is 2.17 bits per heavy atom. The molecule has 0 saturated heterocycles. The molecule has 0 aliphatic carbocycles. The van der Waals surface area contributed by atoms with Gasteiger partial charge in [-0.3, -0.25) is 4.99 Å². The number of hydrogen-bond acceptors (Lipinski definition) is 2. The molecule has 1 aromatic rings. The highest BCUT2D eigenvalue weighted by atomic mass is 16.4. The first kappa shape index (κ1) is 14.1. The zero-order chi connectivity index (χ0) is 13.5. The normalized spacial score (nSPS) is 12.1. The van der Waals surface area contributed by atoms with Crippen LogP contribution < -0.4 is 0 Å². The van der Waals surface area contributed by atoms with Gasteiger partial charge in [-0.2, -0.15) is 0 Å². The van der Waals surface area contributed by atoms with Crippen LogP contribution in [0.4, 0.5) is 0 Å². The lowest BCUT2D eigenvalue weighted by Crippen LogP contribution is -2.04. The molecule has 96 valence electrons. The van der Waals surface area contributed by atoms with Crippen LogP contribution in [-0.4, -0.2) is 30.2 Å². The van der Waals surface area contributed by atoms with E-state index in [1.54, 1.807) is 25.2 Å². The van der Waals surface area contributed by atoms with Crippen molar-refractivity contribution < 1.29 is 9.90 Å². The van der Waals surface area contributed by atoms with Gasteiger partial charge in [0.1, 0.15) is 0 Å². The van der Waals surface area contributed by atoms with E-state index in [-0.39, 0.29) is 5.56 Å². The van der Waals surface area contributed by atoms with Gasteiger partial charge in [-0.25, -0.2) is 9.79 Å². The van der Waals surface area contributed by atoms with E-state index in [1.807, 2.05) is 13.1 Å². The van der Waals surface area contributed by atoms with E-state index in [0.717, 1.165) is 24.0 Å². The maximum absolute atomic E-state index is 10.9. The van der Waals surface area contributed by atoms with Crippen LogP contribution in [-0.2, 0) is 0 Å². The predicted octanol–water partition coefficient (Wildman–Crippen LogP) is 2.94. The standard InChI is InChI=1S/C14H18N2O2/c1-4-5-8-16-13(15-3)12-7-6-11(14(17)18)9-10(12)2/h6-9H,4-5H2,1-3H3,(H,17,18). The zero-order valence-corrected chi connectivity index (χ0v) is 11.0. The summed E-state index contributed by atoms with van der Waals surface area (Å²) in [5.74, 6) is -0.285. The Morgan fingerprint density at radius 1 is 1.44 bits per heavy atom. The Labute approximate surface area is 107 Å². The molecule has 1 aromatic carbocycles. The number of hydrogen-bond donors (Lipinski definition) is 1. The Kier molecular flexibility index (Phi) is 5.24. The molecule has 0 fully saturated rings. The first-order valence-corrected chi connectivity index (χ1v) is 5.93. The zero-order valence-electron chi connectivity index (χ0n) is 11.0. The minimum absolute atomic E-state index is 0.282. The van der Waals surface area contributed by atoms with E-state index in [2.05, 4.69) is 16.9 Å². The molecule has 0 heterocycles. The van der Waals surface area contributed by atoms with Gasteiger partial charge >= 0.3 is 5.97 Å². The largest absolute Gasteiger partial charge is 0.478 e. The van der Waals surface area contributed by atoms with Gasteiger partial charge in [0.15, 0.2) is 5.84 Å². The number of benzene rings is 1. The van der Waals surface area contributed by atoms with Gasteiger partial charge in [-0.15, -0.1) is 0 Å². The second kappa shape index (κ2) is 6.69. The lowest BCUT2D eigenvalue weighted by atomic mass is 10.0. The van der Waals surface area contributed by atoms with Crippen molar-refractivity contribution in [2.45, 2.75) is 26.7 Å². The summed E-state index contributed by atoms with van der Waals surface area (Å²) in [6, 6.07) is 4.97. The second-order valence-electron chi connectivity index (χ2n) is 3.98. The molecule has 0 bridgehead atoms. The number of nitrogens with zero attached hydrogens (tertiary/aromatic N) is 2.